The van der Waals surface area contributed by atoms with Crippen molar-refractivity contribution in [1.29, 1.82) is 0 Å². The van der Waals surface area contributed by atoms with E-state index in [1.54, 1.807) is 24.3 Å². The lowest BCUT2D eigenvalue weighted by molar-refractivity contribution is -0.145. The van der Waals surface area contributed by atoms with E-state index in [9.17, 15) is 15.0 Å². The summed E-state index contributed by atoms with van der Waals surface area (Å²) < 4.78 is 10.9. The minimum Gasteiger partial charge on any atom is -0.508 e. The van der Waals surface area contributed by atoms with Gasteiger partial charge in [0.15, 0.2) is 0 Å². The Hall–Kier alpha value is -3.47. The number of rotatable bonds is 7. The van der Waals surface area contributed by atoms with Crippen molar-refractivity contribution in [3.05, 3.63) is 90.0 Å². The summed E-state index contributed by atoms with van der Waals surface area (Å²) in [4.78, 5) is 12.7. The summed E-state index contributed by atoms with van der Waals surface area (Å²) in [6, 6.07) is 22.1. The molecule has 0 saturated carbocycles. The Morgan fingerprint density at radius 1 is 0.741 bits per heavy atom. The van der Waals surface area contributed by atoms with Gasteiger partial charge in [-0.2, -0.15) is 0 Å². The number of esters is 1. The second-order valence-electron chi connectivity index (χ2n) is 5.95. The number of hydrogen-bond acceptors (Lipinski definition) is 5. The summed E-state index contributed by atoms with van der Waals surface area (Å²) in [5.41, 5.74) is 1.37. The first-order valence-electron chi connectivity index (χ1n) is 8.56. The molecule has 0 aliphatic heterocycles. The van der Waals surface area contributed by atoms with E-state index in [2.05, 4.69) is 0 Å². The molecule has 0 fully saturated rings. The van der Waals surface area contributed by atoms with E-state index in [0.29, 0.717) is 16.9 Å². The van der Waals surface area contributed by atoms with E-state index in [-0.39, 0.29) is 24.7 Å². The number of ether oxygens (including phenoxy) is 2. The Balaban J connectivity index is 1.69. The van der Waals surface area contributed by atoms with Gasteiger partial charge in [0.2, 0.25) is 0 Å². The molecule has 0 aliphatic carbocycles. The van der Waals surface area contributed by atoms with Crippen molar-refractivity contribution < 1.29 is 24.5 Å². The molecule has 0 amide bonds. The molecule has 5 heteroatoms. The highest BCUT2D eigenvalue weighted by Crippen LogP contribution is 2.28. The minimum absolute atomic E-state index is 0.112. The summed E-state index contributed by atoms with van der Waals surface area (Å²) in [6.07, 6.45) is 0. The van der Waals surface area contributed by atoms with Gasteiger partial charge in [-0.1, -0.05) is 42.5 Å². The highest BCUT2D eigenvalue weighted by Gasteiger charge is 2.24. The molecule has 2 N–H and O–H groups in total. The van der Waals surface area contributed by atoms with E-state index in [0.717, 1.165) is 0 Å². The molecule has 0 aromatic heterocycles. The van der Waals surface area contributed by atoms with Crippen molar-refractivity contribution in [2.24, 2.45) is 0 Å². The molecule has 0 heterocycles. The van der Waals surface area contributed by atoms with E-state index < -0.39 is 11.9 Å². The van der Waals surface area contributed by atoms with Crippen LogP contribution in [0.3, 0.4) is 0 Å². The molecule has 27 heavy (non-hydrogen) atoms. The van der Waals surface area contributed by atoms with Crippen LogP contribution in [0.1, 0.15) is 17.0 Å². The normalized spacial score (nSPS) is 10.6. The maximum absolute atomic E-state index is 12.7. The van der Waals surface area contributed by atoms with Crippen LogP contribution in [0.15, 0.2) is 78.9 Å². The van der Waals surface area contributed by atoms with Crippen LogP contribution in [-0.4, -0.2) is 29.4 Å². The van der Waals surface area contributed by atoms with Gasteiger partial charge in [0.1, 0.15) is 36.4 Å². The standard InChI is InChI=1S/C22H20O5/c23-18-10-6-16(7-11-18)21(17-8-12-19(24)13-9-17)22(25)27-15-14-26-20-4-2-1-3-5-20/h1-13,21,23-24H,14-15H2. The fraction of sp³-hybridized carbons (Fsp3) is 0.136. The number of hydrogen-bond donors (Lipinski definition) is 2. The molecule has 0 aliphatic rings. The highest BCUT2D eigenvalue weighted by molar-refractivity contribution is 5.82. The molecule has 0 spiro atoms. The van der Waals surface area contributed by atoms with Gasteiger partial charge in [0.25, 0.3) is 0 Å². The molecular weight excluding hydrogens is 344 g/mol. The lowest BCUT2D eigenvalue weighted by Crippen LogP contribution is -2.20. The molecule has 0 saturated heterocycles. The highest BCUT2D eigenvalue weighted by atomic mass is 16.6. The molecule has 0 bridgehead atoms. The molecule has 3 aromatic rings. The van der Waals surface area contributed by atoms with E-state index in [1.165, 1.54) is 24.3 Å². The van der Waals surface area contributed by atoms with Crippen LogP contribution in [0, 0.1) is 0 Å². The monoisotopic (exact) mass is 364 g/mol. The number of aromatic hydroxyl groups is 2. The lowest BCUT2D eigenvalue weighted by Gasteiger charge is -2.17. The Kier molecular flexibility index (Phi) is 5.94. The van der Waals surface area contributed by atoms with Crippen LogP contribution in [0.4, 0.5) is 0 Å². The number of phenols is 2. The van der Waals surface area contributed by atoms with Crippen molar-refractivity contribution in [2.45, 2.75) is 5.92 Å². The van der Waals surface area contributed by atoms with Crippen LogP contribution in [-0.2, 0) is 9.53 Å². The molecule has 138 valence electrons. The smallest absolute Gasteiger partial charge is 0.318 e. The van der Waals surface area contributed by atoms with Crippen LogP contribution >= 0.6 is 0 Å². The van der Waals surface area contributed by atoms with Crippen molar-refractivity contribution in [2.75, 3.05) is 13.2 Å². The summed E-state index contributed by atoms with van der Waals surface area (Å²) in [7, 11) is 0. The zero-order chi connectivity index (χ0) is 19.1. The van der Waals surface area contributed by atoms with Gasteiger partial charge in [-0.05, 0) is 47.5 Å². The van der Waals surface area contributed by atoms with Gasteiger partial charge in [0.05, 0.1) is 0 Å². The Morgan fingerprint density at radius 3 is 1.78 bits per heavy atom. The Labute approximate surface area is 157 Å². The number of phenolic OH excluding ortho intramolecular Hbond substituents is 2. The number of carbonyl (C=O) groups excluding carboxylic acids is 1. The van der Waals surface area contributed by atoms with Crippen LogP contribution < -0.4 is 4.74 Å². The first-order valence-corrected chi connectivity index (χ1v) is 8.56. The van der Waals surface area contributed by atoms with Crippen molar-refractivity contribution in [3.8, 4) is 17.2 Å². The summed E-state index contributed by atoms with van der Waals surface area (Å²) in [6.45, 7) is 0.355. The third-order valence-electron chi connectivity index (χ3n) is 4.03. The maximum Gasteiger partial charge on any atom is 0.318 e. The average Bonchev–Trinajstić information content (AvgIpc) is 2.69. The Bertz CT molecular complexity index is 812. The van der Waals surface area contributed by atoms with E-state index in [1.807, 2.05) is 30.3 Å². The maximum atomic E-state index is 12.7. The van der Waals surface area contributed by atoms with Crippen LogP contribution in [0.5, 0.6) is 17.2 Å². The average molecular weight is 364 g/mol. The van der Waals surface area contributed by atoms with Crippen LogP contribution in [0.25, 0.3) is 0 Å². The number of benzene rings is 3. The topological polar surface area (TPSA) is 76.0 Å². The third kappa shape index (κ3) is 5.01. The van der Waals surface area contributed by atoms with Gasteiger partial charge in [0, 0.05) is 0 Å². The molecule has 3 rings (SSSR count). The number of carbonyl (C=O) groups is 1. The van der Waals surface area contributed by atoms with Gasteiger partial charge >= 0.3 is 5.97 Å². The van der Waals surface area contributed by atoms with Crippen LogP contribution in [0.2, 0.25) is 0 Å². The quantitative estimate of drug-likeness (QED) is 0.492. The molecular formula is C22H20O5. The fourth-order valence-electron chi connectivity index (χ4n) is 2.70. The van der Waals surface area contributed by atoms with Crippen molar-refractivity contribution in [1.82, 2.24) is 0 Å². The van der Waals surface area contributed by atoms with Gasteiger partial charge in [-0.25, -0.2) is 0 Å². The van der Waals surface area contributed by atoms with E-state index >= 15 is 0 Å². The van der Waals surface area contributed by atoms with E-state index in [4.69, 9.17) is 9.47 Å². The summed E-state index contributed by atoms with van der Waals surface area (Å²) in [5.74, 6) is -0.145. The zero-order valence-corrected chi connectivity index (χ0v) is 14.6. The first kappa shape index (κ1) is 18.3. The number of para-hydroxylation sites is 1. The molecule has 0 atom stereocenters. The summed E-state index contributed by atoms with van der Waals surface area (Å²) in [5, 5.41) is 19.0. The van der Waals surface area contributed by atoms with Crippen molar-refractivity contribution in [3.63, 3.8) is 0 Å². The SMILES string of the molecule is O=C(OCCOc1ccccc1)C(c1ccc(O)cc1)c1ccc(O)cc1. The zero-order valence-electron chi connectivity index (χ0n) is 14.6. The molecule has 0 radical (unpaired) electrons. The largest absolute Gasteiger partial charge is 0.508 e. The first-order chi connectivity index (χ1) is 13.1. The fourth-order valence-corrected chi connectivity index (χ4v) is 2.70. The third-order valence-corrected chi connectivity index (χ3v) is 4.03. The minimum atomic E-state index is -0.664. The second kappa shape index (κ2) is 8.76. The molecule has 3 aromatic carbocycles. The lowest BCUT2D eigenvalue weighted by atomic mass is 9.91. The predicted molar refractivity (Wildman–Crippen MR) is 101 cm³/mol. The summed E-state index contributed by atoms with van der Waals surface area (Å²) >= 11 is 0. The molecule has 5 nitrogen and oxygen atoms in total. The molecule has 0 unspecified atom stereocenters. The van der Waals surface area contributed by atoms with Gasteiger partial charge in [-0.3, -0.25) is 4.79 Å². The van der Waals surface area contributed by atoms with Gasteiger partial charge < -0.3 is 19.7 Å². The second-order valence-corrected chi connectivity index (χ2v) is 5.95. The van der Waals surface area contributed by atoms with Gasteiger partial charge in [-0.15, -0.1) is 0 Å². The Morgan fingerprint density at radius 2 is 1.26 bits per heavy atom. The predicted octanol–water partition coefficient (Wildman–Crippen LogP) is 3.85. The van der Waals surface area contributed by atoms with Crippen molar-refractivity contribution >= 4 is 5.97 Å².